The molecule has 0 aliphatic rings. The summed E-state index contributed by atoms with van der Waals surface area (Å²) in [5.41, 5.74) is 0.165. The smallest absolute Gasteiger partial charge is 0.341 e. The second-order valence-corrected chi connectivity index (χ2v) is 8.20. The molecule has 10 heteroatoms. The largest absolute Gasteiger partial charge is 0.454 e. The number of sulfonamides is 1. The van der Waals surface area contributed by atoms with E-state index < -0.39 is 28.3 Å². The number of primary sulfonamides is 1. The van der Waals surface area contributed by atoms with Crippen LogP contribution in [0, 0.1) is 0 Å². The summed E-state index contributed by atoms with van der Waals surface area (Å²) >= 11 is 0. The van der Waals surface area contributed by atoms with Gasteiger partial charge in [0.2, 0.25) is 16.3 Å². The third-order valence-electron chi connectivity index (χ3n) is 4.01. The van der Waals surface area contributed by atoms with Gasteiger partial charge in [0.15, 0.2) is 5.75 Å². The van der Waals surface area contributed by atoms with E-state index in [-0.39, 0.29) is 21.9 Å². The van der Waals surface area contributed by atoms with Crippen molar-refractivity contribution in [2.45, 2.75) is 44.8 Å². The number of unbranched alkanes of at least 4 members (excludes halogenated alkanes) is 1. The summed E-state index contributed by atoms with van der Waals surface area (Å²) in [6.07, 6.45) is 0.541. The summed E-state index contributed by atoms with van der Waals surface area (Å²) in [7, 11) is -4.27. The first kappa shape index (κ1) is 24.2. The third kappa shape index (κ3) is 7.26. The molecule has 168 valence electrons. The van der Waals surface area contributed by atoms with E-state index in [1.54, 1.807) is 30.3 Å². The number of nitrogens with one attached hydrogen (secondary N) is 1. The van der Waals surface area contributed by atoms with E-state index in [4.69, 9.17) is 19.3 Å². The van der Waals surface area contributed by atoms with Gasteiger partial charge < -0.3 is 19.5 Å². The number of carbonyl (C=O) groups is 2. The lowest BCUT2D eigenvalue weighted by atomic mass is 10.1. The second-order valence-electron chi connectivity index (χ2n) is 6.67. The van der Waals surface area contributed by atoms with Crippen LogP contribution < -0.4 is 15.2 Å². The van der Waals surface area contributed by atoms with Gasteiger partial charge in [-0.15, -0.1) is 0 Å². The van der Waals surface area contributed by atoms with Crippen molar-refractivity contribution in [1.82, 2.24) is 0 Å². The zero-order valence-corrected chi connectivity index (χ0v) is 18.4. The van der Waals surface area contributed by atoms with Crippen LogP contribution >= 0.6 is 0 Å². The van der Waals surface area contributed by atoms with E-state index in [1.165, 1.54) is 19.9 Å². The fraction of sp³-hybridized carbons (Fsp3) is 0.333. The molecule has 0 amide bonds. The minimum atomic E-state index is -4.27. The molecule has 2 rings (SSSR count). The first-order valence-corrected chi connectivity index (χ1v) is 11.2. The quantitative estimate of drug-likeness (QED) is 0.319. The monoisotopic (exact) mass is 450 g/mol. The van der Waals surface area contributed by atoms with Crippen molar-refractivity contribution < 1.29 is 32.2 Å². The lowest BCUT2D eigenvalue weighted by molar-refractivity contribution is -0.162. The Bertz CT molecular complexity index is 1020. The summed E-state index contributed by atoms with van der Waals surface area (Å²) in [5.74, 6) is -1.15. The van der Waals surface area contributed by atoms with Gasteiger partial charge in [0.25, 0.3) is 0 Å². The van der Waals surface area contributed by atoms with E-state index in [0.717, 1.165) is 18.9 Å². The SMILES string of the molecule is CCCCNc1cc(C(=O)OC(C)OC(C)=O)cc(S(N)(=O)=O)c1Oc1ccccc1. The maximum atomic E-state index is 12.5. The van der Waals surface area contributed by atoms with Crippen LogP contribution in [-0.4, -0.2) is 33.2 Å². The van der Waals surface area contributed by atoms with Crippen molar-refractivity contribution in [3.8, 4) is 11.5 Å². The molecule has 1 atom stereocenters. The van der Waals surface area contributed by atoms with Crippen LogP contribution in [-0.2, 0) is 24.3 Å². The average molecular weight is 451 g/mol. The Labute approximate surface area is 181 Å². The van der Waals surface area contributed by atoms with Crippen LogP contribution in [0.5, 0.6) is 11.5 Å². The predicted octanol–water partition coefficient (Wildman–Crippen LogP) is 3.40. The minimum Gasteiger partial charge on any atom is -0.454 e. The zero-order valence-electron chi connectivity index (χ0n) is 17.6. The molecular formula is C21H26N2O7S. The van der Waals surface area contributed by atoms with Gasteiger partial charge in [0, 0.05) is 20.4 Å². The molecule has 0 fully saturated rings. The van der Waals surface area contributed by atoms with Gasteiger partial charge in [-0.25, -0.2) is 18.4 Å². The molecule has 2 aromatic rings. The molecule has 9 nitrogen and oxygen atoms in total. The standard InChI is InChI=1S/C21H26N2O7S/c1-4-5-11-23-18-12-16(21(25)29-15(3)28-14(2)24)13-19(31(22,26)27)20(18)30-17-9-7-6-8-10-17/h6-10,12-13,15,23H,4-5,11H2,1-3H3,(H2,22,26,27). The molecule has 0 aliphatic carbocycles. The number of anilines is 1. The number of nitrogens with two attached hydrogens (primary N) is 1. The molecule has 0 aromatic heterocycles. The van der Waals surface area contributed by atoms with Crippen LogP contribution in [0.3, 0.4) is 0 Å². The van der Waals surface area contributed by atoms with Crippen LogP contribution in [0.15, 0.2) is 47.4 Å². The van der Waals surface area contributed by atoms with Crippen LogP contribution in [0.2, 0.25) is 0 Å². The van der Waals surface area contributed by atoms with Crippen molar-refractivity contribution in [2.75, 3.05) is 11.9 Å². The molecule has 31 heavy (non-hydrogen) atoms. The average Bonchev–Trinajstić information content (AvgIpc) is 2.68. The highest BCUT2D eigenvalue weighted by Gasteiger charge is 2.25. The summed E-state index contributed by atoms with van der Waals surface area (Å²) in [6.45, 7) is 5.05. The van der Waals surface area contributed by atoms with Crippen LogP contribution in [0.1, 0.15) is 44.0 Å². The summed E-state index contributed by atoms with van der Waals surface area (Å²) in [5, 5.41) is 8.50. The number of rotatable bonds is 10. The normalized spacial score (nSPS) is 12.0. The van der Waals surface area contributed by atoms with E-state index >= 15 is 0 Å². The summed E-state index contributed by atoms with van der Waals surface area (Å²) in [4.78, 5) is 23.2. The maximum absolute atomic E-state index is 12.5. The Balaban J connectivity index is 2.52. The highest BCUT2D eigenvalue weighted by molar-refractivity contribution is 7.89. The molecule has 0 heterocycles. The fourth-order valence-corrected chi connectivity index (χ4v) is 3.35. The topological polar surface area (TPSA) is 134 Å². The Kier molecular flexibility index (Phi) is 8.40. The number of esters is 2. The van der Waals surface area contributed by atoms with Gasteiger partial charge in [0.1, 0.15) is 10.6 Å². The molecule has 0 radical (unpaired) electrons. The van der Waals surface area contributed by atoms with Crippen LogP contribution in [0.4, 0.5) is 5.69 Å². The van der Waals surface area contributed by atoms with Crippen molar-refractivity contribution in [1.29, 1.82) is 0 Å². The Morgan fingerprint density at radius 2 is 1.81 bits per heavy atom. The van der Waals surface area contributed by atoms with Gasteiger partial charge in [-0.05, 0) is 30.7 Å². The lowest BCUT2D eigenvalue weighted by Gasteiger charge is -2.18. The zero-order chi connectivity index (χ0) is 23.0. The second kappa shape index (κ2) is 10.8. The van der Waals surface area contributed by atoms with E-state index in [9.17, 15) is 18.0 Å². The van der Waals surface area contributed by atoms with Crippen LogP contribution in [0.25, 0.3) is 0 Å². The van der Waals surface area contributed by atoms with Gasteiger partial charge in [0.05, 0.1) is 11.3 Å². The molecule has 0 aliphatic heterocycles. The number of benzene rings is 2. The van der Waals surface area contributed by atoms with Crippen molar-refractivity contribution >= 4 is 27.6 Å². The van der Waals surface area contributed by atoms with Crippen molar-refractivity contribution in [3.63, 3.8) is 0 Å². The summed E-state index contributed by atoms with van der Waals surface area (Å²) in [6, 6.07) is 11.1. The Morgan fingerprint density at radius 1 is 1.13 bits per heavy atom. The number of hydrogen-bond donors (Lipinski definition) is 2. The molecule has 0 saturated heterocycles. The molecule has 0 bridgehead atoms. The van der Waals surface area contributed by atoms with E-state index in [0.29, 0.717) is 12.3 Å². The van der Waals surface area contributed by atoms with E-state index in [2.05, 4.69) is 5.32 Å². The number of hydrogen-bond acceptors (Lipinski definition) is 8. The van der Waals surface area contributed by atoms with E-state index in [1.807, 2.05) is 6.92 Å². The van der Waals surface area contributed by atoms with Gasteiger partial charge in [-0.3, -0.25) is 4.79 Å². The number of carbonyl (C=O) groups excluding carboxylic acids is 2. The van der Waals surface area contributed by atoms with Crippen molar-refractivity contribution in [2.24, 2.45) is 5.14 Å². The molecule has 0 saturated carbocycles. The predicted molar refractivity (Wildman–Crippen MR) is 114 cm³/mol. The molecule has 1 unspecified atom stereocenters. The van der Waals surface area contributed by atoms with Gasteiger partial charge in [-0.1, -0.05) is 31.5 Å². The first-order valence-electron chi connectivity index (χ1n) is 9.67. The molecule has 3 N–H and O–H groups in total. The number of para-hydroxylation sites is 1. The molecule has 0 spiro atoms. The number of ether oxygens (including phenoxy) is 3. The third-order valence-corrected chi connectivity index (χ3v) is 4.93. The van der Waals surface area contributed by atoms with Gasteiger partial charge >= 0.3 is 11.9 Å². The minimum absolute atomic E-state index is 0.0330. The molecular weight excluding hydrogens is 424 g/mol. The highest BCUT2D eigenvalue weighted by atomic mass is 32.2. The maximum Gasteiger partial charge on any atom is 0.341 e. The fourth-order valence-electron chi connectivity index (χ4n) is 2.65. The Morgan fingerprint density at radius 3 is 2.39 bits per heavy atom. The summed E-state index contributed by atoms with van der Waals surface area (Å²) < 4.78 is 40.3. The highest BCUT2D eigenvalue weighted by Crippen LogP contribution is 2.37. The lowest BCUT2D eigenvalue weighted by Crippen LogP contribution is -2.21. The van der Waals surface area contributed by atoms with Gasteiger partial charge in [-0.2, -0.15) is 0 Å². The molecule has 2 aromatic carbocycles. The van der Waals surface area contributed by atoms with Crippen molar-refractivity contribution in [3.05, 3.63) is 48.0 Å². The Hall–Kier alpha value is -3.11. The first-order chi connectivity index (χ1) is 14.6.